The van der Waals surface area contributed by atoms with Gasteiger partial charge >= 0.3 is 5.97 Å². The van der Waals surface area contributed by atoms with Gasteiger partial charge in [-0.3, -0.25) is 4.79 Å². The molecule has 0 amide bonds. The third kappa shape index (κ3) is 5.80. The van der Waals surface area contributed by atoms with Gasteiger partial charge in [0.25, 0.3) is 0 Å². The standard InChI is InChI=1S/C34H32N2O5.C2H6.2H2/c1-20-31(34(38)41-19-21-11-13-23(39-2)14-12-21)32(26-8-6-9-27-25(26)15-16-35-27)33-28(36-20)17-22(18-29(33)37)24-7-4-5-10-30(24)40-3;1-2;;/h4-16,22,32,35-36H,17-19H2,1-3H3;1-2H3;2*1H/t22-,32?;;;/m1.../s1. The highest BCUT2D eigenvalue weighted by Gasteiger charge is 2.42. The van der Waals surface area contributed by atoms with Gasteiger partial charge in [-0.25, -0.2) is 4.79 Å². The number of fused-ring (bicyclic) bond motifs is 1. The van der Waals surface area contributed by atoms with E-state index in [2.05, 4.69) is 10.3 Å². The Kier molecular flexibility index (Phi) is 9.00. The lowest BCUT2D eigenvalue weighted by molar-refractivity contribution is -0.140. The maximum absolute atomic E-state index is 14.1. The normalized spacial score (nSPS) is 17.9. The molecule has 1 aromatic heterocycles. The zero-order chi connectivity index (χ0) is 30.5. The van der Waals surface area contributed by atoms with Crippen molar-refractivity contribution in [1.82, 2.24) is 10.3 Å². The number of ketones is 1. The van der Waals surface area contributed by atoms with E-state index >= 15 is 0 Å². The van der Waals surface area contributed by atoms with Crippen LogP contribution in [-0.2, 0) is 20.9 Å². The zero-order valence-corrected chi connectivity index (χ0v) is 25.3. The van der Waals surface area contributed by atoms with Gasteiger partial charge < -0.3 is 24.5 Å². The van der Waals surface area contributed by atoms with Gasteiger partial charge in [0.2, 0.25) is 0 Å². The molecule has 3 aromatic carbocycles. The first kappa shape index (κ1) is 29.7. The predicted molar refractivity (Wildman–Crippen MR) is 172 cm³/mol. The number of hydrogen-bond acceptors (Lipinski definition) is 6. The minimum absolute atomic E-state index is 0. The SMILES string of the molecule is CC.COc1ccc(COC(=O)C2=C(C)NC3=C(C(=O)C[C@H](c4ccccc4OC)C3)C2c2cccc3[nH]ccc23)cc1.[HH].[HH]. The largest absolute Gasteiger partial charge is 0.497 e. The lowest BCUT2D eigenvalue weighted by Gasteiger charge is -2.37. The maximum Gasteiger partial charge on any atom is 0.337 e. The van der Waals surface area contributed by atoms with Crippen molar-refractivity contribution in [2.45, 2.75) is 52.1 Å². The summed E-state index contributed by atoms with van der Waals surface area (Å²) in [7, 11) is 3.26. The second-order valence-electron chi connectivity index (χ2n) is 10.5. The summed E-state index contributed by atoms with van der Waals surface area (Å²) in [5.41, 5.74) is 6.32. The molecule has 2 atom stereocenters. The van der Waals surface area contributed by atoms with Crippen molar-refractivity contribution in [3.63, 3.8) is 0 Å². The Balaban J connectivity index is 0.00000135. The summed E-state index contributed by atoms with van der Waals surface area (Å²) >= 11 is 0. The highest BCUT2D eigenvalue weighted by Crippen LogP contribution is 2.48. The van der Waals surface area contributed by atoms with Gasteiger partial charge in [0.1, 0.15) is 18.1 Å². The van der Waals surface area contributed by atoms with Gasteiger partial charge in [-0.1, -0.05) is 56.3 Å². The number of hydrogen-bond donors (Lipinski definition) is 2. The molecule has 0 saturated carbocycles. The van der Waals surface area contributed by atoms with E-state index in [1.165, 1.54) is 0 Å². The van der Waals surface area contributed by atoms with Crippen molar-refractivity contribution in [3.05, 3.63) is 118 Å². The van der Waals surface area contributed by atoms with E-state index in [1.54, 1.807) is 14.2 Å². The molecule has 1 aliphatic heterocycles. The Morgan fingerprint density at radius 3 is 2.40 bits per heavy atom. The highest BCUT2D eigenvalue weighted by molar-refractivity contribution is 6.05. The van der Waals surface area contributed by atoms with Crippen LogP contribution in [0.3, 0.4) is 0 Å². The lowest BCUT2D eigenvalue weighted by atomic mass is 9.71. The number of aromatic amines is 1. The molecule has 7 heteroatoms. The molecule has 1 aliphatic carbocycles. The third-order valence-corrected chi connectivity index (χ3v) is 8.09. The molecule has 4 aromatic rings. The summed E-state index contributed by atoms with van der Waals surface area (Å²) in [6.45, 7) is 5.99. The Morgan fingerprint density at radius 1 is 0.907 bits per heavy atom. The Labute approximate surface area is 255 Å². The van der Waals surface area contributed by atoms with Crippen molar-refractivity contribution in [3.8, 4) is 11.5 Å². The van der Waals surface area contributed by atoms with E-state index in [-0.39, 0.29) is 21.2 Å². The first-order chi connectivity index (χ1) is 21.0. The van der Waals surface area contributed by atoms with Crippen molar-refractivity contribution in [1.29, 1.82) is 0 Å². The molecule has 0 fully saturated rings. The molecule has 6 rings (SSSR count). The van der Waals surface area contributed by atoms with Gasteiger partial charge in [-0.15, -0.1) is 0 Å². The van der Waals surface area contributed by atoms with E-state index in [0.717, 1.165) is 44.8 Å². The quantitative estimate of drug-likeness (QED) is 0.216. The van der Waals surface area contributed by atoms with E-state index in [9.17, 15) is 9.59 Å². The van der Waals surface area contributed by atoms with Crippen LogP contribution in [0, 0.1) is 0 Å². The fraction of sp³-hybridized carbons (Fsp3) is 0.278. The number of methoxy groups -OCH3 is 2. The molecule has 0 saturated heterocycles. The summed E-state index contributed by atoms with van der Waals surface area (Å²) in [6, 6.07) is 23.2. The molecular weight excluding hydrogens is 540 g/mol. The lowest BCUT2D eigenvalue weighted by Crippen LogP contribution is -2.36. The fourth-order valence-electron chi connectivity index (χ4n) is 6.15. The van der Waals surface area contributed by atoms with Crippen LogP contribution in [0.25, 0.3) is 10.9 Å². The van der Waals surface area contributed by atoms with Gasteiger partial charge in [0.05, 0.1) is 19.8 Å². The van der Waals surface area contributed by atoms with E-state index in [1.807, 2.05) is 99.8 Å². The van der Waals surface area contributed by atoms with E-state index < -0.39 is 11.9 Å². The fourth-order valence-corrected chi connectivity index (χ4v) is 6.15. The third-order valence-electron chi connectivity index (χ3n) is 8.09. The van der Waals surface area contributed by atoms with Gasteiger partial charge in [0, 0.05) is 55.2 Å². The molecule has 7 nitrogen and oxygen atoms in total. The maximum atomic E-state index is 14.1. The van der Waals surface area contributed by atoms with Gasteiger partial charge in [-0.05, 0) is 60.4 Å². The van der Waals surface area contributed by atoms with Crippen LogP contribution >= 0.6 is 0 Å². The summed E-state index contributed by atoms with van der Waals surface area (Å²) < 4.78 is 16.7. The second-order valence-corrected chi connectivity index (χ2v) is 10.5. The number of H-pyrrole nitrogens is 1. The van der Waals surface area contributed by atoms with Crippen molar-refractivity contribution in [2.24, 2.45) is 0 Å². The number of carbonyl (C=O) groups excluding carboxylic acids is 2. The minimum atomic E-state index is -0.555. The number of para-hydroxylation sites is 1. The van der Waals surface area contributed by atoms with Crippen LogP contribution in [0.5, 0.6) is 11.5 Å². The summed E-state index contributed by atoms with van der Waals surface area (Å²) in [4.78, 5) is 31.1. The molecular formula is C36H42N2O5. The van der Waals surface area contributed by atoms with E-state index in [4.69, 9.17) is 14.2 Å². The van der Waals surface area contributed by atoms with Crippen molar-refractivity contribution >= 4 is 22.7 Å². The summed E-state index contributed by atoms with van der Waals surface area (Å²) in [6.07, 6.45) is 2.84. The topological polar surface area (TPSA) is 89.7 Å². The smallest absolute Gasteiger partial charge is 0.337 e. The van der Waals surface area contributed by atoms with Crippen LogP contribution in [-0.4, -0.2) is 31.0 Å². The summed E-state index contributed by atoms with van der Waals surface area (Å²) in [5.74, 6) is 0.477. The molecule has 2 heterocycles. The zero-order valence-electron chi connectivity index (χ0n) is 25.3. The molecule has 0 bridgehead atoms. The number of benzene rings is 3. The van der Waals surface area contributed by atoms with Crippen LogP contribution in [0.15, 0.2) is 102 Å². The highest BCUT2D eigenvalue weighted by atomic mass is 16.5. The van der Waals surface area contributed by atoms with Gasteiger partial charge in [0.15, 0.2) is 5.78 Å². The number of carbonyl (C=O) groups is 2. The van der Waals surface area contributed by atoms with E-state index in [0.29, 0.717) is 29.7 Å². The first-order valence-electron chi connectivity index (χ1n) is 14.7. The molecule has 43 heavy (non-hydrogen) atoms. The van der Waals surface area contributed by atoms with Crippen LogP contribution < -0.4 is 14.8 Å². The summed E-state index contributed by atoms with van der Waals surface area (Å²) in [5, 5.41) is 4.42. The van der Waals surface area contributed by atoms with Crippen LogP contribution in [0.4, 0.5) is 0 Å². The van der Waals surface area contributed by atoms with Crippen molar-refractivity contribution < 1.29 is 26.7 Å². The molecule has 0 radical (unpaired) electrons. The number of ether oxygens (including phenoxy) is 3. The number of nitrogens with one attached hydrogen (secondary N) is 2. The average Bonchev–Trinajstić information content (AvgIpc) is 3.53. The number of allylic oxidation sites excluding steroid dienone is 3. The van der Waals surface area contributed by atoms with Crippen LogP contribution in [0.2, 0.25) is 0 Å². The van der Waals surface area contributed by atoms with Gasteiger partial charge in [-0.2, -0.15) is 0 Å². The number of Topliss-reactive ketones (excluding diaryl/α,β-unsaturated/α-hetero) is 1. The number of dihydropyridines is 1. The van der Waals surface area contributed by atoms with Crippen LogP contribution in [0.1, 0.15) is 65.0 Å². The molecule has 2 N–H and O–H groups in total. The first-order valence-corrected chi connectivity index (χ1v) is 14.7. The Hall–Kier alpha value is -4.78. The average molecular weight is 583 g/mol. The molecule has 0 spiro atoms. The molecule has 226 valence electrons. The minimum Gasteiger partial charge on any atom is -0.497 e. The number of aromatic nitrogens is 1. The Bertz CT molecular complexity index is 1710. The molecule has 1 unspecified atom stereocenters. The second kappa shape index (κ2) is 13.0. The number of esters is 1. The van der Waals surface area contributed by atoms with Crippen molar-refractivity contribution in [2.75, 3.05) is 14.2 Å². The monoisotopic (exact) mass is 582 g/mol. The predicted octanol–water partition coefficient (Wildman–Crippen LogP) is 7.81. The Morgan fingerprint density at radius 2 is 1.65 bits per heavy atom. The number of rotatable bonds is 7. The molecule has 2 aliphatic rings.